The number of nitriles is 1. The summed E-state index contributed by atoms with van der Waals surface area (Å²) in [4.78, 5) is 29.7. The van der Waals surface area contributed by atoms with Gasteiger partial charge in [-0.2, -0.15) is 5.26 Å². The fourth-order valence-electron chi connectivity index (χ4n) is 4.80. The van der Waals surface area contributed by atoms with Crippen LogP contribution in [-0.2, 0) is 20.9 Å². The average molecular weight is 489 g/mol. The number of halogens is 1. The number of carbonyl (C=O) groups excluding carboxylic acids is 2. The van der Waals surface area contributed by atoms with Gasteiger partial charge in [-0.1, -0.05) is 24.4 Å². The highest BCUT2D eigenvalue weighted by Gasteiger charge is 2.33. The minimum Gasteiger partial charge on any atom is -0.370 e. The van der Waals surface area contributed by atoms with E-state index in [2.05, 4.69) is 28.1 Å². The highest BCUT2D eigenvalue weighted by molar-refractivity contribution is 6.31. The molecule has 1 aromatic carbocycles. The number of carbonyl (C=O) groups is 2. The highest BCUT2D eigenvalue weighted by atomic mass is 35.5. The number of nitrogens with zero attached hydrogens (tertiary/aromatic N) is 3. The molecule has 1 aromatic rings. The van der Waals surface area contributed by atoms with Gasteiger partial charge in [0.1, 0.15) is 6.61 Å². The molecule has 2 fully saturated rings. The Labute approximate surface area is 208 Å². The molecule has 0 unspecified atom stereocenters. The summed E-state index contributed by atoms with van der Waals surface area (Å²) < 4.78 is 5.42. The molecule has 7 nitrogen and oxygen atoms in total. The lowest BCUT2D eigenvalue weighted by atomic mass is 9.98. The van der Waals surface area contributed by atoms with Gasteiger partial charge in [-0.15, -0.1) is 0 Å². The standard InChI is InChI=1S/C26H37ClN4O3/c1-18-13-30(9-10-31(18)25(33)20-7-5-6-8-20)14-21-11-22(27)12-23(19(21)2)29-24(32)15-34-17-26(3,4)16-28/h11-12,18,20H,5-10,13-15,17H2,1-4H3,(H,29,32)/t18-/m0/s1. The van der Waals surface area contributed by atoms with E-state index in [-0.39, 0.29) is 31.1 Å². The van der Waals surface area contributed by atoms with Crippen molar-refractivity contribution in [2.75, 3.05) is 38.2 Å². The molecule has 8 heteroatoms. The van der Waals surface area contributed by atoms with Gasteiger partial charge in [0.15, 0.2) is 0 Å². The summed E-state index contributed by atoms with van der Waals surface area (Å²) in [5.74, 6) is 0.261. The van der Waals surface area contributed by atoms with Gasteiger partial charge < -0.3 is 15.0 Å². The maximum atomic E-state index is 12.9. The van der Waals surface area contributed by atoms with Crippen LogP contribution in [0.3, 0.4) is 0 Å². The first-order valence-corrected chi connectivity index (χ1v) is 12.6. The van der Waals surface area contributed by atoms with Crippen molar-refractivity contribution in [3.05, 3.63) is 28.3 Å². The van der Waals surface area contributed by atoms with Gasteiger partial charge in [-0.3, -0.25) is 14.5 Å². The minimum absolute atomic E-state index is 0.124. The van der Waals surface area contributed by atoms with Crippen LogP contribution in [-0.4, -0.2) is 60.5 Å². The van der Waals surface area contributed by atoms with E-state index in [1.165, 1.54) is 12.8 Å². The third-order valence-corrected chi connectivity index (χ3v) is 7.06. The second-order valence-electron chi connectivity index (χ2n) is 10.4. The van der Waals surface area contributed by atoms with Crippen LogP contribution in [0.5, 0.6) is 0 Å². The molecule has 3 rings (SSSR count). The van der Waals surface area contributed by atoms with Crippen molar-refractivity contribution in [3.63, 3.8) is 0 Å². The molecule has 1 aliphatic heterocycles. The van der Waals surface area contributed by atoms with Gasteiger partial charge in [-0.25, -0.2) is 0 Å². The average Bonchev–Trinajstić information content (AvgIpc) is 3.31. The summed E-state index contributed by atoms with van der Waals surface area (Å²) >= 11 is 6.38. The molecule has 34 heavy (non-hydrogen) atoms. The molecule has 0 radical (unpaired) electrons. The van der Waals surface area contributed by atoms with Crippen LogP contribution in [0, 0.1) is 29.6 Å². The number of piperazine rings is 1. The molecule has 2 aliphatic rings. The van der Waals surface area contributed by atoms with E-state index < -0.39 is 5.41 Å². The summed E-state index contributed by atoms with van der Waals surface area (Å²) in [5, 5.41) is 12.5. The molecule has 2 amide bonds. The number of benzene rings is 1. The Morgan fingerprint density at radius 2 is 1.97 bits per heavy atom. The zero-order valence-corrected chi connectivity index (χ0v) is 21.6. The monoisotopic (exact) mass is 488 g/mol. The van der Waals surface area contributed by atoms with Crippen LogP contribution in [0.25, 0.3) is 0 Å². The SMILES string of the molecule is Cc1c(CN2CCN(C(=O)C3CCCC3)[C@@H](C)C2)cc(Cl)cc1NC(=O)COCC(C)(C)C#N. The normalized spacial score (nSPS) is 19.8. The number of ether oxygens (including phenoxy) is 1. The van der Waals surface area contributed by atoms with Crippen LogP contribution in [0.2, 0.25) is 5.02 Å². The molecular weight excluding hydrogens is 452 g/mol. The predicted octanol–water partition coefficient (Wildman–Crippen LogP) is 4.38. The van der Waals surface area contributed by atoms with Crippen molar-refractivity contribution in [1.82, 2.24) is 9.80 Å². The zero-order valence-electron chi connectivity index (χ0n) is 20.8. The van der Waals surface area contributed by atoms with E-state index in [1.54, 1.807) is 19.9 Å². The summed E-state index contributed by atoms with van der Waals surface area (Å²) in [6, 6.07) is 6.02. The first kappa shape index (κ1) is 26.5. The Bertz CT molecular complexity index is 937. The van der Waals surface area contributed by atoms with Gasteiger partial charge in [0, 0.05) is 48.8 Å². The first-order chi connectivity index (χ1) is 16.1. The maximum Gasteiger partial charge on any atom is 0.250 e. The fraction of sp³-hybridized carbons (Fsp3) is 0.654. The molecule has 186 valence electrons. The van der Waals surface area contributed by atoms with Gasteiger partial charge in [0.05, 0.1) is 18.1 Å². The molecule has 1 saturated heterocycles. The molecule has 1 heterocycles. The van der Waals surface area contributed by atoms with Crippen LogP contribution >= 0.6 is 11.6 Å². The van der Waals surface area contributed by atoms with Crippen molar-refractivity contribution in [2.24, 2.45) is 11.3 Å². The number of hydrogen-bond acceptors (Lipinski definition) is 5. The number of rotatable bonds is 8. The van der Waals surface area contributed by atoms with E-state index >= 15 is 0 Å². The molecule has 0 spiro atoms. The van der Waals surface area contributed by atoms with Crippen molar-refractivity contribution in [2.45, 2.75) is 66.0 Å². The third-order valence-electron chi connectivity index (χ3n) is 6.85. The van der Waals surface area contributed by atoms with Crippen molar-refractivity contribution in [1.29, 1.82) is 5.26 Å². The smallest absolute Gasteiger partial charge is 0.250 e. The van der Waals surface area contributed by atoms with Crippen LogP contribution < -0.4 is 5.32 Å². The Hall–Kier alpha value is -2.14. The number of hydrogen-bond donors (Lipinski definition) is 1. The van der Waals surface area contributed by atoms with E-state index in [1.807, 2.05) is 13.0 Å². The van der Waals surface area contributed by atoms with Crippen LogP contribution in [0.4, 0.5) is 5.69 Å². The Balaban J connectivity index is 1.58. The Morgan fingerprint density at radius 3 is 2.62 bits per heavy atom. The third kappa shape index (κ3) is 6.94. The largest absolute Gasteiger partial charge is 0.370 e. The van der Waals surface area contributed by atoms with E-state index in [4.69, 9.17) is 21.6 Å². The van der Waals surface area contributed by atoms with Crippen molar-refractivity contribution >= 4 is 29.1 Å². The van der Waals surface area contributed by atoms with E-state index in [0.29, 0.717) is 23.2 Å². The minimum atomic E-state index is -0.637. The molecule has 1 N–H and O–H groups in total. The highest BCUT2D eigenvalue weighted by Crippen LogP contribution is 2.29. The van der Waals surface area contributed by atoms with E-state index in [0.717, 1.165) is 43.6 Å². The lowest BCUT2D eigenvalue weighted by Gasteiger charge is -2.41. The Morgan fingerprint density at radius 1 is 1.26 bits per heavy atom. The Kier molecular flexibility index (Phi) is 8.97. The second-order valence-corrected chi connectivity index (χ2v) is 10.8. The topological polar surface area (TPSA) is 85.7 Å². The molecule has 1 aliphatic carbocycles. The lowest BCUT2D eigenvalue weighted by Crippen LogP contribution is -2.54. The molecular formula is C26H37ClN4O3. The number of amides is 2. The van der Waals surface area contributed by atoms with Crippen LogP contribution in [0.15, 0.2) is 12.1 Å². The predicted molar refractivity (Wildman–Crippen MR) is 133 cm³/mol. The molecule has 1 saturated carbocycles. The summed E-state index contributed by atoms with van der Waals surface area (Å²) in [7, 11) is 0. The van der Waals surface area contributed by atoms with Crippen molar-refractivity contribution in [3.8, 4) is 6.07 Å². The van der Waals surface area contributed by atoms with Crippen molar-refractivity contribution < 1.29 is 14.3 Å². The zero-order chi connectivity index (χ0) is 24.9. The molecule has 0 aromatic heterocycles. The second kappa shape index (κ2) is 11.5. The molecule has 1 atom stereocenters. The first-order valence-electron chi connectivity index (χ1n) is 12.2. The van der Waals surface area contributed by atoms with E-state index in [9.17, 15) is 9.59 Å². The summed E-state index contributed by atoms with van der Waals surface area (Å²) in [6.07, 6.45) is 4.40. The van der Waals surface area contributed by atoms with Gasteiger partial charge in [0.2, 0.25) is 11.8 Å². The lowest BCUT2D eigenvalue weighted by molar-refractivity contribution is -0.140. The maximum absolute atomic E-state index is 12.9. The number of anilines is 1. The summed E-state index contributed by atoms with van der Waals surface area (Å²) in [5.41, 5.74) is 2.05. The summed E-state index contributed by atoms with van der Waals surface area (Å²) in [6.45, 7) is 10.8. The van der Waals surface area contributed by atoms with Gasteiger partial charge >= 0.3 is 0 Å². The van der Waals surface area contributed by atoms with Crippen LogP contribution in [0.1, 0.15) is 57.6 Å². The quantitative estimate of drug-likeness (QED) is 0.587. The fourth-order valence-corrected chi connectivity index (χ4v) is 5.04. The van der Waals surface area contributed by atoms with Gasteiger partial charge in [0.25, 0.3) is 0 Å². The van der Waals surface area contributed by atoms with Gasteiger partial charge in [-0.05, 0) is 63.8 Å². The molecule has 0 bridgehead atoms. The number of nitrogens with one attached hydrogen (secondary N) is 1.